The summed E-state index contributed by atoms with van der Waals surface area (Å²) in [6.45, 7) is 4.64. The minimum absolute atomic E-state index is 0.0244. The van der Waals surface area contributed by atoms with Gasteiger partial charge in [0.2, 0.25) is 0 Å². The van der Waals surface area contributed by atoms with Crippen molar-refractivity contribution in [2.24, 2.45) is 0 Å². The summed E-state index contributed by atoms with van der Waals surface area (Å²) >= 11 is 0. The molecule has 2 aromatic carbocycles. The van der Waals surface area contributed by atoms with Crippen LogP contribution < -0.4 is 14.2 Å². The first-order chi connectivity index (χ1) is 16.2. The summed E-state index contributed by atoms with van der Waals surface area (Å²) in [4.78, 5) is 14.9. The van der Waals surface area contributed by atoms with Gasteiger partial charge in [0.15, 0.2) is 11.5 Å². The highest BCUT2D eigenvalue weighted by atomic mass is 19.3. The molecule has 1 spiro atoms. The molecular formula is C26H31F2NO5. The molecule has 1 fully saturated rings. The number of rotatable bonds is 6. The monoisotopic (exact) mass is 475 g/mol. The Bertz CT molecular complexity index is 1030. The molecule has 0 radical (unpaired) electrons. The van der Waals surface area contributed by atoms with Crippen molar-refractivity contribution in [1.29, 1.82) is 0 Å². The Labute approximate surface area is 198 Å². The summed E-state index contributed by atoms with van der Waals surface area (Å²) in [7, 11) is 2.56. The molecule has 2 aliphatic rings. The van der Waals surface area contributed by atoms with Crippen LogP contribution in [0.15, 0.2) is 42.5 Å². The second kappa shape index (κ2) is 9.41. The number of hydrogen-bond donors (Lipinski definition) is 0. The number of methoxy groups -OCH3 is 2. The molecule has 0 bridgehead atoms. The van der Waals surface area contributed by atoms with Crippen molar-refractivity contribution >= 4 is 5.91 Å². The van der Waals surface area contributed by atoms with E-state index in [1.165, 1.54) is 7.11 Å². The second-order valence-corrected chi connectivity index (χ2v) is 9.17. The minimum atomic E-state index is -3.31. The van der Waals surface area contributed by atoms with Gasteiger partial charge < -0.3 is 23.8 Å². The summed E-state index contributed by atoms with van der Waals surface area (Å²) in [6.07, 6.45) is -2.30. The summed E-state index contributed by atoms with van der Waals surface area (Å²) in [5.41, 5.74) is 0.168. The van der Waals surface area contributed by atoms with Crippen LogP contribution in [0.4, 0.5) is 8.78 Å². The molecule has 1 saturated heterocycles. The highest BCUT2D eigenvalue weighted by Gasteiger charge is 2.52. The van der Waals surface area contributed by atoms with E-state index < -0.39 is 17.6 Å². The smallest absolute Gasteiger partial charge is 0.362 e. The fourth-order valence-corrected chi connectivity index (χ4v) is 4.82. The van der Waals surface area contributed by atoms with Crippen LogP contribution in [-0.2, 0) is 4.74 Å². The topological polar surface area (TPSA) is 57.2 Å². The number of benzene rings is 2. The number of piperidine rings is 1. The van der Waals surface area contributed by atoms with E-state index in [0.29, 0.717) is 54.3 Å². The van der Waals surface area contributed by atoms with Gasteiger partial charge in [-0.15, -0.1) is 0 Å². The molecule has 1 amide bonds. The lowest BCUT2D eigenvalue weighted by molar-refractivity contribution is -0.248. The van der Waals surface area contributed by atoms with Gasteiger partial charge >= 0.3 is 6.11 Å². The number of carbonyl (C=O) groups is 1. The standard InChI is InChI=1S/C26H31F2NO5/c1-17(2)33-22-10-9-18(15-23(22)31-3)24(30)29-13-11-25(12-14-29)16-20(26(27,28)32-4)19-7-5-6-8-21(19)34-25/h5-10,15,17,20H,11-14,16H2,1-4H3. The zero-order chi connectivity index (χ0) is 24.5. The number of fused-ring (bicyclic) bond motifs is 1. The van der Waals surface area contributed by atoms with Crippen LogP contribution in [0.1, 0.15) is 54.9 Å². The number of hydrogen-bond acceptors (Lipinski definition) is 5. The number of alkyl halides is 2. The molecule has 184 valence electrons. The van der Waals surface area contributed by atoms with Crippen molar-refractivity contribution in [3.05, 3.63) is 53.6 Å². The lowest BCUT2D eigenvalue weighted by Gasteiger charge is -2.47. The predicted molar refractivity (Wildman–Crippen MR) is 123 cm³/mol. The van der Waals surface area contributed by atoms with Gasteiger partial charge in [-0.25, -0.2) is 0 Å². The first-order valence-corrected chi connectivity index (χ1v) is 11.5. The van der Waals surface area contributed by atoms with Crippen molar-refractivity contribution in [2.45, 2.75) is 56.8 Å². The Morgan fingerprint density at radius 2 is 1.82 bits per heavy atom. The first-order valence-electron chi connectivity index (χ1n) is 11.5. The van der Waals surface area contributed by atoms with Crippen LogP contribution in [0, 0.1) is 0 Å². The summed E-state index contributed by atoms with van der Waals surface area (Å²) in [5, 5.41) is 0. The Hall–Kier alpha value is -2.87. The average molecular weight is 476 g/mol. The van der Waals surface area contributed by atoms with Crippen LogP contribution in [0.3, 0.4) is 0 Å². The predicted octanol–water partition coefficient (Wildman–Crippen LogP) is 5.26. The van der Waals surface area contributed by atoms with E-state index >= 15 is 0 Å². The molecule has 8 heteroatoms. The minimum Gasteiger partial charge on any atom is -0.493 e. The zero-order valence-corrected chi connectivity index (χ0v) is 20.0. The molecule has 0 aliphatic carbocycles. The van der Waals surface area contributed by atoms with Crippen molar-refractivity contribution in [2.75, 3.05) is 27.3 Å². The lowest BCUT2D eigenvalue weighted by Crippen LogP contribution is -2.53. The SMILES string of the molecule is COc1cc(C(=O)N2CCC3(CC2)CC(C(F)(F)OC)c2ccccc2O3)ccc1OC(C)C. The Morgan fingerprint density at radius 1 is 1.12 bits per heavy atom. The molecule has 6 nitrogen and oxygen atoms in total. The molecule has 4 rings (SSSR count). The van der Waals surface area contributed by atoms with E-state index in [1.807, 2.05) is 13.8 Å². The van der Waals surface area contributed by atoms with E-state index in [9.17, 15) is 13.6 Å². The first kappa shape index (κ1) is 24.3. The number of halogens is 2. The van der Waals surface area contributed by atoms with Crippen LogP contribution in [-0.4, -0.2) is 55.9 Å². The third kappa shape index (κ3) is 4.69. The maximum Gasteiger partial charge on any atom is 0.362 e. The van der Waals surface area contributed by atoms with Crippen LogP contribution in [0.25, 0.3) is 0 Å². The number of likely N-dealkylation sites (tertiary alicyclic amines) is 1. The molecule has 0 aromatic heterocycles. The van der Waals surface area contributed by atoms with E-state index in [2.05, 4.69) is 4.74 Å². The molecule has 0 saturated carbocycles. The van der Waals surface area contributed by atoms with Gasteiger partial charge in [0.05, 0.1) is 19.1 Å². The number of para-hydroxylation sites is 1. The highest BCUT2D eigenvalue weighted by Crippen LogP contribution is 2.51. The van der Waals surface area contributed by atoms with E-state index in [0.717, 1.165) is 7.11 Å². The van der Waals surface area contributed by atoms with Crippen LogP contribution >= 0.6 is 0 Å². The third-order valence-corrected chi connectivity index (χ3v) is 6.61. The van der Waals surface area contributed by atoms with Gasteiger partial charge in [-0.2, -0.15) is 8.78 Å². The molecule has 2 heterocycles. The quantitative estimate of drug-likeness (QED) is 0.570. The molecule has 2 aromatic rings. The number of amides is 1. The van der Waals surface area contributed by atoms with Gasteiger partial charge in [0.1, 0.15) is 11.4 Å². The van der Waals surface area contributed by atoms with Gasteiger partial charge in [0.25, 0.3) is 5.91 Å². The molecule has 1 atom stereocenters. The maximum atomic E-state index is 14.7. The largest absolute Gasteiger partial charge is 0.493 e. The van der Waals surface area contributed by atoms with Gasteiger partial charge in [-0.05, 0) is 38.1 Å². The van der Waals surface area contributed by atoms with Crippen LogP contribution in [0.2, 0.25) is 0 Å². The van der Waals surface area contributed by atoms with Crippen molar-refractivity contribution in [3.8, 4) is 17.2 Å². The van der Waals surface area contributed by atoms with Gasteiger partial charge in [0, 0.05) is 50.6 Å². The average Bonchev–Trinajstić information content (AvgIpc) is 2.83. The summed E-state index contributed by atoms with van der Waals surface area (Å²) in [5.74, 6) is 0.276. The summed E-state index contributed by atoms with van der Waals surface area (Å²) < 4.78 is 51.4. The normalized spacial score (nSPS) is 19.5. The van der Waals surface area contributed by atoms with E-state index in [-0.39, 0.29) is 18.4 Å². The third-order valence-electron chi connectivity index (χ3n) is 6.61. The summed E-state index contributed by atoms with van der Waals surface area (Å²) in [6, 6.07) is 12.0. The zero-order valence-electron chi connectivity index (χ0n) is 20.0. The van der Waals surface area contributed by atoms with Gasteiger partial charge in [-0.3, -0.25) is 4.79 Å². The lowest BCUT2D eigenvalue weighted by atomic mass is 9.76. The molecule has 2 aliphatic heterocycles. The number of ether oxygens (including phenoxy) is 4. The van der Waals surface area contributed by atoms with Crippen molar-refractivity contribution < 1.29 is 32.5 Å². The molecule has 0 N–H and O–H groups in total. The second-order valence-electron chi connectivity index (χ2n) is 9.17. The Balaban J connectivity index is 1.50. The van der Waals surface area contributed by atoms with E-state index in [4.69, 9.17) is 14.2 Å². The van der Waals surface area contributed by atoms with Gasteiger partial charge in [-0.1, -0.05) is 18.2 Å². The fourth-order valence-electron chi connectivity index (χ4n) is 4.82. The van der Waals surface area contributed by atoms with Crippen molar-refractivity contribution in [3.63, 3.8) is 0 Å². The Morgan fingerprint density at radius 3 is 2.47 bits per heavy atom. The maximum absolute atomic E-state index is 14.7. The van der Waals surface area contributed by atoms with Crippen molar-refractivity contribution in [1.82, 2.24) is 4.90 Å². The number of nitrogens with zero attached hydrogens (tertiary/aromatic N) is 1. The molecule has 34 heavy (non-hydrogen) atoms. The highest BCUT2D eigenvalue weighted by molar-refractivity contribution is 5.95. The van der Waals surface area contributed by atoms with E-state index in [1.54, 1.807) is 47.4 Å². The Kier molecular flexibility index (Phi) is 6.71. The molecule has 1 unspecified atom stereocenters. The number of carbonyl (C=O) groups excluding carboxylic acids is 1. The molecular weight excluding hydrogens is 444 g/mol. The fraction of sp³-hybridized carbons (Fsp3) is 0.500. The van der Waals surface area contributed by atoms with Crippen LogP contribution in [0.5, 0.6) is 17.2 Å².